The molecule has 1 rings (SSSR count). The molecule has 0 aliphatic carbocycles. The van der Waals surface area contributed by atoms with Crippen LogP contribution in [-0.2, 0) is 0 Å². The standard InChI is InChI=1S/C5H12N4/c1-6-8-5-7-3-4-9(5)2/h6H,3-4H2,1-2H3,(H,7,8). The van der Waals surface area contributed by atoms with E-state index in [0.29, 0.717) is 0 Å². The van der Waals surface area contributed by atoms with Gasteiger partial charge >= 0.3 is 0 Å². The van der Waals surface area contributed by atoms with E-state index in [4.69, 9.17) is 0 Å². The van der Waals surface area contributed by atoms with Crippen LogP contribution in [0.4, 0.5) is 0 Å². The third-order valence-electron chi connectivity index (χ3n) is 1.30. The van der Waals surface area contributed by atoms with Gasteiger partial charge in [0.15, 0.2) is 0 Å². The molecular weight excluding hydrogens is 116 g/mol. The van der Waals surface area contributed by atoms with Gasteiger partial charge in [-0.15, -0.1) is 0 Å². The minimum absolute atomic E-state index is 0.903. The van der Waals surface area contributed by atoms with Crippen LogP contribution in [-0.4, -0.2) is 38.0 Å². The van der Waals surface area contributed by atoms with E-state index in [-0.39, 0.29) is 0 Å². The minimum atomic E-state index is 0.903. The Hall–Kier alpha value is -0.770. The van der Waals surface area contributed by atoms with Gasteiger partial charge in [0, 0.05) is 20.6 Å². The lowest BCUT2D eigenvalue weighted by atomic mass is 10.6. The Morgan fingerprint density at radius 1 is 1.67 bits per heavy atom. The molecule has 1 aliphatic heterocycles. The summed E-state index contributed by atoms with van der Waals surface area (Å²) in [6.45, 7) is 1.92. The van der Waals surface area contributed by atoms with Gasteiger partial charge in [-0.05, 0) is 0 Å². The molecule has 1 heterocycles. The van der Waals surface area contributed by atoms with Crippen LogP contribution in [0.5, 0.6) is 0 Å². The Labute approximate surface area is 54.9 Å². The molecular formula is C5H12N4. The monoisotopic (exact) mass is 128 g/mol. The highest BCUT2D eigenvalue weighted by molar-refractivity contribution is 5.80. The predicted octanol–water partition coefficient (Wildman–Crippen LogP) is -0.988. The molecule has 52 valence electrons. The molecule has 0 saturated heterocycles. The molecule has 0 amide bonds. The quantitative estimate of drug-likeness (QED) is 0.445. The van der Waals surface area contributed by atoms with Gasteiger partial charge in [-0.3, -0.25) is 10.4 Å². The summed E-state index contributed by atoms with van der Waals surface area (Å²) in [5.41, 5.74) is 5.74. The van der Waals surface area contributed by atoms with Crippen molar-refractivity contribution in [1.29, 1.82) is 0 Å². The maximum atomic E-state index is 4.18. The normalized spacial score (nSPS) is 18.0. The second-order valence-electron chi connectivity index (χ2n) is 2.00. The van der Waals surface area contributed by atoms with Gasteiger partial charge in [-0.1, -0.05) is 0 Å². The summed E-state index contributed by atoms with van der Waals surface area (Å²) in [7, 11) is 3.84. The lowest BCUT2D eigenvalue weighted by Crippen LogP contribution is -2.42. The molecule has 0 aromatic carbocycles. The van der Waals surface area contributed by atoms with Crippen LogP contribution in [0.15, 0.2) is 4.99 Å². The molecule has 0 atom stereocenters. The molecule has 4 heteroatoms. The summed E-state index contributed by atoms with van der Waals surface area (Å²) < 4.78 is 0. The molecule has 1 aliphatic rings. The fourth-order valence-corrected chi connectivity index (χ4v) is 0.779. The second kappa shape index (κ2) is 2.68. The van der Waals surface area contributed by atoms with E-state index in [1.807, 2.05) is 14.1 Å². The third kappa shape index (κ3) is 1.32. The largest absolute Gasteiger partial charge is 0.343 e. The molecule has 0 aromatic heterocycles. The Bertz CT molecular complexity index is 120. The smallest absolute Gasteiger partial charge is 0.208 e. The minimum Gasteiger partial charge on any atom is -0.343 e. The van der Waals surface area contributed by atoms with Crippen molar-refractivity contribution in [3.05, 3.63) is 0 Å². The molecule has 9 heavy (non-hydrogen) atoms. The van der Waals surface area contributed by atoms with Crippen molar-refractivity contribution in [2.24, 2.45) is 4.99 Å². The number of nitrogens with one attached hydrogen (secondary N) is 2. The first-order chi connectivity index (χ1) is 4.34. The lowest BCUT2D eigenvalue weighted by Gasteiger charge is -2.13. The Balaban J connectivity index is 2.38. The number of likely N-dealkylation sites (N-methyl/N-ethyl adjacent to an activating group) is 1. The van der Waals surface area contributed by atoms with Crippen LogP contribution in [0.1, 0.15) is 0 Å². The van der Waals surface area contributed by atoms with E-state index < -0.39 is 0 Å². The molecule has 0 bridgehead atoms. The summed E-state index contributed by atoms with van der Waals surface area (Å²) in [5, 5.41) is 0. The summed E-state index contributed by atoms with van der Waals surface area (Å²) in [6, 6.07) is 0. The van der Waals surface area contributed by atoms with Crippen molar-refractivity contribution in [1.82, 2.24) is 15.8 Å². The van der Waals surface area contributed by atoms with Gasteiger partial charge in [0.05, 0.1) is 6.54 Å². The maximum absolute atomic E-state index is 4.18. The van der Waals surface area contributed by atoms with Gasteiger partial charge in [0.25, 0.3) is 0 Å². The van der Waals surface area contributed by atoms with Crippen molar-refractivity contribution in [3.63, 3.8) is 0 Å². The fraction of sp³-hybridized carbons (Fsp3) is 0.800. The Kier molecular flexibility index (Phi) is 1.89. The first-order valence-corrected chi connectivity index (χ1v) is 3.03. The van der Waals surface area contributed by atoms with Gasteiger partial charge in [-0.25, -0.2) is 5.43 Å². The van der Waals surface area contributed by atoms with E-state index in [0.717, 1.165) is 19.0 Å². The van der Waals surface area contributed by atoms with Gasteiger partial charge < -0.3 is 4.90 Å². The number of rotatable bonds is 1. The highest BCUT2D eigenvalue weighted by Gasteiger charge is 2.09. The predicted molar refractivity (Wildman–Crippen MR) is 37.1 cm³/mol. The molecule has 0 saturated carbocycles. The molecule has 4 nitrogen and oxygen atoms in total. The molecule has 0 unspecified atom stereocenters. The van der Waals surface area contributed by atoms with E-state index in [1.165, 1.54) is 0 Å². The highest BCUT2D eigenvalue weighted by Crippen LogP contribution is 1.92. The first kappa shape index (κ1) is 6.35. The maximum Gasteiger partial charge on any atom is 0.208 e. The number of nitrogens with zero attached hydrogens (tertiary/aromatic N) is 2. The van der Waals surface area contributed by atoms with Crippen molar-refractivity contribution in [2.75, 3.05) is 27.2 Å². The number of aliphatic imine (C=N–C) groups is 1. The summed E-state index contributed by atoms with van der Waals surface area (Å²) in [6.07, 6.45) is 0. The first-order valence-electron chi connectivity index (χ1n) is 3.03. The Morgan fingerprint density at radius 3 is 2.89 bits per heavy atom. The number of guanidine groups is 1. The fourth-order valence-electron chi connectivity index (χ4n) is 0.779. The van der Waals surface area contributed by atoms with Gasteiger partial charge in [0.2, 0.25) is 5.96 Å². The molecule has 0 spiro atoms. The van der Waals surface area contributed by atoms with Crippen LogP contribution >= 0.6 is 0 Å². The van der Waals surface area contributed by atoms with E-state index in [1.54, 1.807) is 0 Å². The summed E-state index contributed by atoms with van der Waals surface area (Å²) in [5.74, 6) is 0.928. The van der Waals surface area contributed by atoms with Crippen LogP contribution in [0.3, 0.4) is 0 Å². The molecule has 2 N–H and O–H groups in total. The topological polar surface area (TPSA) is 39.7 Å². The number of hydrogen-bond acceptors (Lipinski definition) is 4. The zero-order valence-electron chi connectivity index (χ0n) is 5.81. The molecule has 0 radical (unpaired) electrons. The van der Waals surface area contributed by atoms with Crippen molar-refractivity contribution in [3.8, 4) is 0 Å². The average Bonchev–Trinajstić information content (AvgIpc) is 2.18. The summed E-state index contributed by atoms with van der Waals surface area (Å²) >= 11 is 0. The highest BCUT2D eigenvalue weighted by atomic mass is 15.5. The van der Waals surface area contributed by atoms with Crippen molar-refractivity contribution in [2.45, 2.75) is 0 Å². The second-order valence-corrected chi connectivity index (χ2v) is 2.00. The van der Waals surface area contributed by atoms with Crippen molar-refractivity contribution < 1.29 is 0 Å². The SMILES string of the molecule is CNNC1=NCCN1C. The summed E-state index contributed by atoms with van der Waals surface area (Å²) in [4.78, 5) is 6.24. The Morgan fingerprint density at radius 2 is 2.44 bits per heavy atom. The zero-order valence-corrected chi connectivity index (χ0v) is 5.81. The third-order valence-corrected chi connectivity index (χ3v) is 1.30. The average molecular weight is 128 g/mol. The molecule has 0 fully saturated rings. The van der Waals surface area contributed by atoms with Crippen LogP contribution in [0, 0.1) is 0 Å². The van der Waals surface area contributed by atoms with Gasteiger partial charge in [-0.2, -0.15) is 0 Å². The van der Waals surface area contributed by atoms with Crippen LogP contribution in [0.2, 0.25) is 0 Å². The van der Waals surface area contributed by atoms with Crippen LogP contribution < -0.4 is 10.9 Å². The molecule has 0 aromatic rings. The van der Waals surface area contributed by atoms with Crippen molar-refractivity contribution >= 4 is 5.96 Å². The van der Waals surface area contributed by atoms with Gasteiger partial charge in [0.1, 0.15) is 0 Å². The number of hydrogen-bond donors (Lipinski definition) is 2. The lowest BCUT2D eigenvalue weighted by molar-refractivity contribution is 0.523. The van der Waals surface area contributed by atoms with Crippen LogP contribution in [0.25, 0.3) is 0 Å². The van der Waals surface area contributed by atoms with E-state index in [2.05, 4.69) is 20.7 Å². The van der Waals surface area contributed by atoms with E-state index >= 15 is 0 Å². The van der Waals surface area contributed by atoms with E-state index in [9.17, 15) is 0 Å². The zero-order chi connectivity index (χ0) is 6.69. The number of hydrazine groups is 1.